The van der Waals surface area contributed by atoms with Gasteiger partial charge in [0.25, 0.3) is 11.8 Å². The van der Waals surface area contributed by atoms with Gasteiger partial charge in [-0.3, -0.25) is 9.59 Å². The van der Waals surface area contributed by atoms with Gasteiger partial charge in [-0.15, -0.1) is 0 Å². The van der Waals surface area contributed by atoms with Gasteiger partial charge in [0.1, 0.15) is 18.1 Å². The number of ether oxygens (including phenoxy) is 2. The van der Waals surface area contributed by atoms with Gasteiger partial charge in [0, 0.05) is 0 Å². The second-order valence-corrected chi connectivity index (χ2v) is 6.45. The molecule has 30 heavy (non-hydrogen) atoms. The highest BCUT2D eigenvalue weighted by Gasteiger charge is 2.38. The number of carbonyl (C=O) groups excluding carboxylic acids is 3. The van der Waals surface area contributed by atoms with E-state index in [1.54, 1.807) is 36.4 Å². The molecule has 3 aromatic carbocycles. The van der Waals surface area contributed by atoms with Gasteiger partial charge in [-0.2, -0.15) is 0 Å². The lowest BCUT2D eigenvalue weighted by atomic mass is 10.1. The van der Waals surface area contributed by atoms with Gasteiger partial charge in [-0.1, -0.05) is 47.5 Å². The highest BCUT2D eigenvalue weighted by Crippen LogP contribution is 2.23. The second kappa shape index (κ2) is 8.48. The quantitative estimate of drug-likeness (QED) is 0.563. The number of hydrogen-bond acceptors (Lipinski definition) is 6. The number of nitrogens with zero attached hydrogens (tertiary/aromatic N) is 1. The Morgan fingerprint density at radius 3 is 1.83 bits per heavy atom. The maximum Gasteiger partial charge on any atom is 0.370 e. The van der Waals surface area contributed by atoms with Crippen LogP contribution in [0, 0.1) is 0 Å². The lowest BCUT2D eigenvalue weighted by molar-refractivity contribution is -0.170. The predicted octanol–water partition coefficient (Wildman–Crippen LogP) is 3.40. The maximum atomic E-state index is 12.2. The minimum Gasteiger partial charge on any atom is -0.489 e. The van der Waals surface area contributed by atoms with E-state index in [0.717, 1.165) is 5.56 Å². The molecule has 3 aromatic rings. The molecule has 2 amide bonds. The first-order valence-corrected chi connectivity index (χ1v) is 9.20. The fourth-order valence-corrected chi connectivity index (χ4v) is 2.89. The molecule has 0 aromatic heterocycles. The molecule has 1 aliphatic heterocycles. The molecule has 0 atom stereocenters. The SMILES string of the molecule is O=C(COc1ccc(OCc2ccccc2)cc1)ON1C(=O)c2ccccc2C1=O. The summed E-state index contributed by atoms with van der Waals surface area (Å²) in [6.07, 6.45) is 0. The van der Waals surface area contributed by atoms with Crippen LogP contribution >= 0.6 is 0 Å². The van der Waals surface area contributed by atoms with Gasteiger partial charge in [0.15, 0.2) is 6.61 Å². The monoisotopic (exact) mass is 403 g/mol. The predicted molar refractivity (Wildman–Crippen MR) is 106 cm³/mol. The summed E-state index contributed by atoms with van der Waals surface area (Å²) in [5.41, 5.74) is 1.44. The molecule has 7 nitrogen and oxygen atoms in total. The first kappa shape index (κ1) is 19.2. The molecule has 1 heterocycles. The number of amides is 2. The smallest absolute Gasteiger partial charge is 0.370 e. The zero-order valence-corrected chi connectivity index (χ0v) is 15.8. The normalized spacial score (nSPS) is 12.5. The third-order valence-electron chi connectivity index (χ3n) is 4.38. The van der Waals surface area contributed by atoms with Gasteiger partial charge >= 0.3 is 5.97 Å². The van der Waals surface area contributed by atoms with E-state index < -0.39 is 24.4 Å². The van der Waals surface area contributed by atoms with E-state index >= 15 is 0 Å². The molecule has 0 radical (unpaired) electrons. The van der Waals surface area contributed by atoms with E-state index in [-0.39, 0.29) is 11.1 Å². The molecule has 0 saturated heterocycles. The van der Waals surface area contributed by atoms with Crippen molar-refractivity contribution in [2.45, 2.75) is 6.61 Å². The Morgan fingerprint density at radius 2 is 1.23 bits per heavy atom. The standard InChI is InChI=1S/C23H17NO6/c25-21(30-24-22(26)19-8-4-5-9-20(19)23(24)27)15-29-18-12-10-17(11-13-18)28-14-16-6-2-1-3-7-16/h1-13H,14-15H2. The molecule has 1 aliphatic rings. The number of benzene rings is 3. The maximum absolute atomic E-state index is 12.2. The number of rotatable bonds is 7. The molecule has 0 fully saturated rings. The van der Waals surface area contributed by atoms with Crippen molar-refractivity contribution in [2.75, 3.05) is 6.61 Å². The number of hydroxylamine groups is 2. The Hall–Kier alpha value is -4.13. The molecule has 0 unspecified atom stereocenters. The molecule has 150 valence electrons. The lowest BCUT2D eigenvalue weighted by Crippen LogP contribution is -2.34. The highest BCUT2D eigenvalue weighted by atomic mass is 16.7. The molecular weight excluding hydrogens is 386 g/mol. The van der Waals surface area contributed by atoms with E-state index in [0.29, 0.717) is 23.2 Å². The van der Waals surface area contributed by atoms with Crippen molar-refractivity contribution in [1.29, 1.82) is 0 Å². The number of fused-ring (bicyclic) bond motifs is 1. The summed E-state index contributed by atoms with van der Waals surface area (Å²) in [7, 11) is 0. The molecule has 4 rings (SSSR count). The van der Waals surface area contributed by atoms with E-state index in [1.807, 2.05) is 30.3 Å². The van der Waals surface area contributed by atoms with Crippen LogP contribution in [0.15, 0.2) is 78.9 Å². The fourth-order valence-electron chi connectivity index (χ4n) is 2.89. The van der Waals surface area contributed by atoms with Crippen LogP contribution in [0.2, 0.25) is 0 Å². The molecule has 7 heteroatoms. The van der Waals surface area contributed by atoms with Crippen molar-refractivity contribution in [3.8, 4) is 11.5 Å². The van der Waals surface area contributed by atoms with E-state index in [2.05, 4.69) is 0 Å². The zero-order chi connectivity index (χ0) is 20.9. The first-order valence-electron chi connectivity index (χ1n) is 9.20. The number of imide groups is 1. The van der Waals surface area contributed by atoms with Crippen LogP contribution in [0.3, 0.4) is 0 Å². The van der Waals surface area contributed by atoms with Crippen molar-refractivity contribution < 1.29 is 28.7 Å². The summed E-state index contributed by atoms with van der Waals surface area (Å²) in [5.74, 6) is -1.15. The summed E-state index contributed by atoms with van der Waals surface area (Å²) in [5, 5.41) is 0.455. The molecule has 0 spiro atoms. The minimum atomic E-state index is -0.867. The fraction of sp³-hybridized carbons (Fsp3) is 0.0870. The van der Waals surface area contributed by atoms with Gasteiger partial charge in [0.05, 0.1) is 11.1 Å². The van der Waals surface area contributed by atoms with Gasteiger partial charge < -0.3 is 14.3 Å². The summed E-state index contributed by atoms with van der Waals surface area (Å²) in [6, 6.07) is 22.8. The van der Waals surface area contributed by atoms with E-state index in [4.69, 9.17) is 14.3 Å². The summed E-state index contributed by atoms with van der Waals surface area (Å²) >= 11 is 0. The molecule has 0 saturated carbocycles. The Morgan fingerprint density at radius 1 is 0.700 bits per heavy atom. The molecule has 0 aliphatic carbocycles. The Bertz CT molecular complexity index is 1040. The van der Waals surface area contributed by atoms with Crippen molar-refractivity contribution in [1.82, 2.24) is 5.06 Å². The van der Waals surface area contributed by atoms with E-state index in [1.165, 1.54) is 12.1 Å². The van der Waals surface area contributed by atoms with Crippen LogP contribution < -0.4 is 9.47 Å². The van der Waals surface area contributed by atoms with Crippen LogP contribution in [0.25, 0.3) is 0 Å². The summed E-state index contributed by atoms with van der Waals surface area (Å²) in [4.78, 5) is 41.3. The average Bonchev–Trinajstić information content (AvgIpc) is 3.03. The largest absolute Gasteiger partial charge is 0.489 e. The second-order valence-electron chi connectivity index (χ2n) is 6.45. The van der Waals surface area contributed by atoms with Crippen LogP contribution in [-0.2, 0) is 16.2 Å². The Kier molecular flexibility index (Phi) is 5.43. The van der Waals surface area contributed by atoms with Gasteiger partial charge in [-0.05, 0) is 42.0 Å². The molecule has 0 bridgehead atoms. The first-order chi connectivity index (χ1) is 14.6. The Balaban J connectivity index is 1.27. The topological polar surface area (TPSA) is 82.1 Å². The van der Waals surface area contributed by atoms with Crippen molar-refractivity contribution in [3.63, 3.8) is 0 Å². The Labute approximate surface area is 172 Å². The number of carbonyl (C=O) groups is 3. The average molecular weight is 403 g/mol. The highest BCUT2D eigenvalue weighted by molar-refractivity contribution is 6.20. The van der Waals surface area contributed by atoms with Crippen LogP contribution in [0.1, 0.15) is 26.3 Å². The van der Waals surface area contributed by atoms with Crippen molar-refractivity contribution in [2.24, 2.45) is 0 Å². The van der Waals surface area contributed by atoms with Crippen LogP contribution in [0.5, 0.6) is 11.5 Å². The minimum absolute atomic E-state index is 0.197. The zero-order valence-electron chi connectivity index (χ0n) is 15.8. The van der Waals surface area contributed by atoms with Gasteiger partial charge in [-0.25, -0.2) is 4.79 Å². The summed E-state index contributed by atoms with van der Waals surface area (Å²) < 4.78 is 11.1. The van der Waals surface area contributed by atoms with Crippen molar-refractivity contribution in [3.05, 3.63) is 95.6 Å². The van der Waals surface area contributed by atoms with Crippen LogP contribution in [0.4, 0.5) is 0 Å². The lowest BCUT2D eigenvalue weighted by Gasteiger charge is -2.13. The number of hydrogen-bond donors (Lipinski definition) is 0. The third kappa shape index (κ3) is 4.15. The molecule has 0 N–H and O–H groups in total. The van der Waals surface area contributed by atoms with Gasteiger partial charge in [0.2, 0.25) is 0 Å². The van der Waals surface area contributed by atoms with E-state index in [9.17, 15) is 14.4 Å². The third-order valence-corrected chi connectivity index (χ3v) is 4.38. The van der Waals surface area contributed by atoms with Crippen LogP contribution in [-0.4, -0.2) is 29.5 Å². The van der Waals surface area contributed by atoms with Crippen molar-refractivity contribution >= 4 is 17.8 Å². The molecular formula is C23H17NO6. The summed E-state index contributed by atoms with van der Waals surface area (Å²) in [6.45, 7) is -0.0225.